The van der Waals surface area contributed by atoms with Crippen molar-refractivity contribution in [3.63, 3.8) is 0 Å². The molecular formula is C9H15ClN2O. The number of carbonyl (C=O) groups is 1. The molecule has 4 heteroatoms. The fourth-order valence-electron chi connectivity index (χ4n) is 1.96. The number of hydrogen-bond acceptors (Lipinski definition) is 2. The Morgan fingerprint density at radius 3 is 2.92 bits per heavy atom. The van der Waals surface area contributed by atoms with Crippen LogP contribution in [0.3, 0.4) is 0 Å². The lowest BCUT2D eigenvalue weighted by atomic mass is 9.93. The molecular weight excluding hydrogens is 188 g/mol. The average Bonchev–Trinajstić information content (AvgIpc) is 2.45. The second kappa shape index (κ2) is 4.11. The van der Waals surface area contributed by atoms with Gasteiger partial charge in [0.25, 0.3) is 0 Å². The molecule has 1 fully saturated rings. The molecule has 2 N–H and O–H groups in total. The molecule has 0 saturated carbocycles. The van der Waals surface area contributed by atoms with Crippen molar-refractivity contribution >= 4 is 18.3 Å². The van der Waals surface area contributed by atoms with E-state index in [4.69, 9.17) is 0 Å². The molecule has 0 bridgehead atoms. The Balaban J connectivity index is 0.000000845. The van der Waals surface area contributed by atoms with Gasteiger partial charge in [-0.05, 0) is 25.8 Å². The topological polar surface area (TPSA) is 41.1 Å². The third kappa shape index (κ3) is 1.86. The fourth-order valence-corrected chi connectivity index (χ4v) is 1.96. The molecule has 1 spiro atoms. The van der Waals surface area contributed by atoms with Crippen LogP contribution in [0, 0.1) is 0 Å². The van der Waals surface area contributed by atoms with E-state index >= 15 is 0 Å². The van der Waals surface area contributed by atoms with Gasteiger partial charge in [-0.2, -0.15) is 0 Å². The molecule has 74 valence electrons. The maximum absolute atomic E-state index is 11.6. The number of halogens is 1. The summed E-state index contributed by atoms with van der Waals surface area (Å²) in [6, 6.07) is 0. The van der Waals surface area contributed by atoms with Gasteiger partial charge in [0.2, 0.25) is 5.91 Å². The summed E-state index contributed by atoms with van der Waals surface area (Å²) in [4.78, 5) is 11.6. The van der Waals surface area contributed by atoms with Crippen molar-refractivity contribution in [3.05, 3.63) is 12.2 Å². The molecule has 1 amide bonds. The van der Waals surface area contributed by atoms with Gasteiger partial charge in [-0.1, -0.05) is 12.2 Å². The predicted octanol–water partition coefficient (Wildman–Crippen LogP) is 0.606. The number of carbonyl (C=O) groups excluding carboxylic acids is 1. The molecule has 1 unspecified atom stereocenters. The van der Waals surface area contributed by atoms with Gasteiger partial charge >= 0.3 is 0 Å². The highest BCUT2D eigenvalue weighted by molar-refractivity contribution is 5.87. The lowest BCUT2D eigenvalue weighted by Crippen LogP contribution is -2.52. The Kier molecular flexibility index (Phi) is 3.33. The van der Waals surface area contributed by atoms with Crippen molar-refractivity contribution in [3.8, 4) is 0 Å². The maximum Gasteiger partial charge on any atom is 0.240 e. The van der Waals surface area contributed by atoms with E-state index in [9.17, 15) is 4.79 Å². The van der Waals surface area contributed by atoms with Gasteiger partial charge in [-0.25, -0.2) is 0 Å². The van der Waals surface area contributed by atoms with E-state index in [2.05, 4.69) is 16.7 Å². The zero-order valence-corrected chi connectivity index (χ0v) is 8.32. The molecule has 2 heterocycles. The third-order valence-corrected chi connectivity index (χ3v) is 2.69. The quantitative estimate of drug-likeness (QED) is 0.565. The van der Waals surface area contributed by atoms with E-state index in [1.54, 1.807) is 0 Å². The predicted molar refractivity (Wildman–Crippen MR) is 54.0 cm³/mol. The second-order valence-electron chi connectivity index (χ2n) is 3.50. The SMILES string of the molecule is Cl.O=C1NCC=CCC12CCCN2. The van der Waals surface area contributed by atoms with Gasteiger partial charge in [-0.15, -0.1) is 12.4 Å². The number of nitrogens with one attached hydrogen (secondary N) is 2. The number of rotatable bonds is 0. The highest BCUT2D eigenvalue weighted by atomic mass is 35.5. The molecule has 0 radical (unpaired) electrons. The molecule has 2 rings (SSSR count). The highest BCUT2D eigenvalue weighted by Crippen LogP contribution is 2.24. The first-order chi connectivity index (χ1) is 5.83. The second-order valence-corrected chi connectivity index (χ2v) is 3.50. The molecule has 0 aromatic rings. The summed E-state index contributed by atoms with van der Waals surface area (Å²) in [5.41, 5.74) is -0.271. The number of hydrogen-bond donors (Lipinski definition) is 2. The smallest absolute Gasteiger partial charge is 0.240 e. The monoisotopic (exact) mass is 202 g/mol. The minimum atomic E-state index is -0.271. The van der Waals surface area contributed by atoms with Gasteiger partial charge in [0.15, 0.2) is 0 Å². The van der Waals surface area contributed by atoms with Crippen LogP contribution in [0.4, 0.5) is 0 Å². The Morgan fingerprint density at radius 2 is 2.23 bits per heavy atom. The van der Waals surface area contributed by atoms with Crippen LogP contribution in [0.25, 0.3) is 0 Å². The summed E-state index contributed by atoms with van der Waals surface area (Å²) in [7, 11) is 0. The maximum atomic E-state index is 11.6. The van der Waals surface area contributed by atoms with Crippen molar-refractivity contribution in [2.45, 2.75) is 24.8 Å². The standard InChI is InChI=1S/C9H14N2O.ClH/c12-8-9(5-3-7-11-9)4-1-2-6-10-8;/h1-2,11H,3-7H2,(H,10,12);1H. The van der Waals surface area contributed by atoms with Gasteiger partial charge in [0.05, 0.1) is 0 Å². The summed E-state index contributed by atoms with van der Waals surface area (Å²) < 4.78 is 0. The molecule has 3 nitrogen and oxygen atoms in total. The van der Waals surface area contributed by atoms with Crippen molar-refractivity contribution < 1.29 is 4.79 Å². The normalized spacial score (nSPS) is 32.5. The minimum absolute atomic E-state index is 0. The minimum Gasteiger partial charge on any atom is -0.351 e. The van der Waals surface area contributed by atoms with E-state index in [0.717, 1.165) is 25.8 Å². The summed E-state index contributed by atoms with van der Waals surface area (Å²) in [6.07, 6.45) is 7.05. The zero-order valence-electron chi connectivity index (χ0n) is 7.51. The van der Waals surface area contributed by atoms with Crippen LogP contribution in [0.1, 0.15) is 19.3 Å². The van der Waals surface area contributed by atoms with E-state index in [1.165, 1.54) is 0 Å². The lowest BCUT2D eigenvalue weighted by molar-refractivity contribution is -0.126. The van der Waals surface area contributed by atoms with E-state index < -0.39 is 0 Å². The highest BCUT2D eigenvalue weighted by Gasteiger charge is 2.39. The Labute approximate surface area is 84.4 Å². The van der Waals surface area contributed by atoms with E-state index in [0.29, 0.717) is 6.54 Å². The summed E-state index contributed by atoms with van der Waals surface area (Å²) in [6.45, 7) is 1.66. The lowest BCUT2D eigenvalue weighted by Gasteiger charge is -2.24. The summed E-state index contributed by atoms with van der Waals surface area (Å²) >= 11 is 0. The first-order valence-electron chi connectivity index (χ1n) is 4.52. The summed E-state index contributed by atoms with van der Waals surface area (Å²) in [5.74, 6) is 0.171. The Bertz CT molecular complexity index is 222. The molecule has 2 aliphatic rings. The molecule has 2 aliphatic heterocycles. The average molecular weight is 203 g/mol. The number of amides is 1. The van der Waals surface area contributed by atoms with Crippen molar-refractivity contribution in [2.75, 3.05) is 13.1 Å². The molecule has 1 atom stereocenters. The van der Waals surface area contributed by atoms with Gasteiger partial charge in [-0.3, -0.25) is 4.79 Å². The van der Waals surface area contributed by atoms with Gasteiger partial charge < -0.3 is 10.6 Å². The summed E-state index contributed by atoms with van der Waals surface area (Å²) in [5, 5.41) is 6.19. The zero-order chi connectivity index (χ0) is 8.44. The molecule has 13 heavy (non-hydrogen) atoms. The third-order valence-electron chi connectivity index (χ3n) is 2.69. The Morgan fingerprint density at radius 1 is 1.38 bits per heavy atom. The fraction of sp³-hybridized carbons (Fsp3) is 0.667. The largest absolute Gasteiger partial charge is 0.351 e. The van der Waals surface area contributed by atoms with Crippen LogP contribution in [0.5, 0.6) is 0 Å². The van der Waals surface area contributed by atoms with Crippen LogP contribution in [-0.4, -0.2) is 24.5 Å². The van der Waals surface area contributed by atoms with E-state index in [-0.39, 0.29) is 23.9 Å². The van der Waals surface area contributed by atoms with Crippen LogP contribution in [0.15, 0.2) is 12.2 Å². The first kappa shape index (κ1) is 10.5. The van der Waals surface area contributed by atoms with Crippen LogP contribution in [-0.2, 0) is 4.79 Å². The molecule has 0 aromatic carbocycles. The van der Waals surface area contributed by atoms with Crippen molar-refractivity contribution in [1.82, 2.24) is 10.6 Å². The molecule has 0 aliphatic carbocycles. The van der Waals surface area contributed by atoms with Crippen LogP contribution < -0.4 is 10.6 Å². The first-order valence-corrected chi connectivity index (χ1v) is 4.52. The Hall–Kier alpha value is -0.540. The van der Waals surface area contributed by atoms with Crippen LogP contribution in [0.2, 0.25) is 0 Å². The van der Waals surface area contributed by atoms with Crippen molar-refractivity contribution in [2.24, 2.45) is 0 Å². The van der Waals surface area contributed by atoms with Crippen LogP contribution >= 0.6 is 12.4 Å². The van der Waals surface area contributed by atoms with Gasteiger partial charge in [0.1, 0.15) is 5.54 Å². The molecule has 1 saturated heterocycles. The van der Waals surface area contributed by atoms with Gasteiger partial charge in [0, 0.05) is 6.54 Å². The molecule has 0 aromatic heterocycles. The van der Waals surface area contributed by atoms with E-state index in [1.807, 2.05) is 6.08 Å². The van der Waals surface area contributed by atoms with Crippen molar-refractivity contribution in [1.29, 1.82) is 0 Å².